The van der Waals surface area contributed by atoms with E-state index < -0.39 is 6.03 Å². The monoisotopic (exact) mass is 290 g/mol. The summed E-state index contributed by atoms with van der Waals surface area (Å²) in [6, 6.07) is 8.08. The topological polar surface area (TPSA) is 79.2 Å². The van der Waals surface area contributed by atoms with E-state index in [0.717, 1.165) is 18.7 Å². The van der Waals surface area contributed by atoms with E-state index in [9.17, 15) is 4.79 Å². The SMILES string of the molecule is CC(CC1CCCCCN1)Nc1cccc(NC(N)=O)c1. The summed E-state index contributed by atoms with van der Waals surface area (Å²) < 4.78 is 0. The maximum absolute atomic E-state index is 10.9. The molecule has 116 valence electrons. The number of nitrogens with one attached hydrogen (secondary N) is 3. The fraction of sp³-hybridized carbons (Fsp3) is 0.562. The first-order chi connectivity index (χ1) is 10.1. The van der Waals surface area contributed by atoms with Gasteiger partial charge in [-0.05, 0) is 50.9 Å². The first kappa shape index (κ1) is 15.6. The highest BCUT2D eigenvalue weighted by molar-refractivity contribution is 5.88. The summed E-state index contributed by atoms with van der Waals surface area (Å²) in [7, 11) is 0. The molecule has 0 bridgehead atoms. The molecule has 1 fully saturated rings. The molecule has 0 aliphatic carbocycles. The van der Waals surface area contributed by atoms with Gasteiger partial charge < -0.3 is 21.7 Å². The molecule has 1 aliphatic rings. The number of anilines is 2. The lowest BCUT2D eigenvalue weighted by Gasteiger charge is -2.22. The quantitative estimate of drug-likeness (QED) is 0.673. The van der Waals surface area contributed by atoms with Crippen LogP contribution in [0.1, 0.15) is 39.0 Å². The molecule has 1 aromatic carbocycles. The molecular weight excluding hydrogens is 264 g/mol. The molecule has 1 heterocycles. The van der Waals surface area contributed by atoms with E-state index in [1.807, 2.05) is 24.3 Å². The average molecular weight is 290 g/mol. The molecule has 5 N–H and O–H groups in total. The van der Waals surface area contributed by atoms with E-state index in [4.69, 9.17) is 5.73 Å². The molecule has 2 rings (SSSR count). The predicted octanol–water partition coefficient (Wildman–Crippen LogP) is 2.90. The standard InChI is InChI=1S/C16H26N4O/c1-12(10-13-6-3-2-4-9-18-13)19-14-7-5-8-15(11-14)20-16(17)21/h5,7-8,11-13,18-19H,2-4,6,9-10H2,1H3,(H3,17,20,21). The second-order valence-electron chi connectivity index (χ2n) is 5.85. The number of urea groups is 1. The van der Waals surface area contributed by atoms with Crippen LogP contribution in [0.5, 0.6) is 0 Å². The maximum atomic E-state index is 10.9. The van der Waals surface area contributed by atoms with Crippen molar-refractivity contribution in [3.63, 3.8) is 0 Å². The summed E-state index contributed by atoms with van der Waals surface area (Å²) in [5.41, 5.74) is 6.85. The lowest BCUT2D eigenvalue weighted by Crippen LogP contribution is -2.33. The molecule has 1 saturated heterocycles. The number of nitrogens with two attached hydrogens (primary N) is 1. The minimum absolute atomic E-state index is 0.379. The van der Waals surface area contributed by atoms with Crippen molar-refractivity contribution < 1.29 is 4.79 Å². The van der Waals surface area contributed by atoms with E-state index in [1.165, 1.54) is 25.7 Å². The van der Waals surface area contributed by atoms with Crippen LogP contribution in [0.3, 0.4) is 0 Å². The van der Waals surface area contributed by atoms with Gasteiger partial charge in [-0.25, -0.2) is 4.79 Å². The summed E-state index contributed by atoms with van der Waals surface area (Å²) in [5.74, 6) is 0. The Balaban J connectivity index is 1.86. The molecule has 1 aromatic rings. The van der Waals surface area contributed by atoms with Crippen LogP contribution in [0.25, 0.3) is 0 Å². The van der Waals surface area contributed by atoms with E-state index in [0.29, 0.717) is 17.8 Å². The maximum Gasteiger partial charge on any atom is 0.316 e. The van der Waals surface area contributed by atoms with Gasteiger partial charge in [-0.15, -0.1) is 0 Å². The molecule has 0 radical (unpaired) electrons. The number of amides is 2. The number of primary amides is 1. The summed E-state index contributed by atoms with van der Waals surface area (Å²) >= 11 is 0. The zero-order valence-electron chi connectivity index (χ0n) is 12.7. The number of benzene rings is 1. The zero-order valence-corrected chi connectivity index (χ0v) is 12.7. The van der Waals surface area contributed by atoms with Gasteiger partial charge in [0.25, 0.3) is 0 Å². The third-order valence-electron chi connectivity index (χ3n) is 3.84. The third-order valence-corrected chi connectivity index (χ3v) is 3.84. The minimum Gasteiger partial charge on any atom is -0.382 e. The van der Waals surface area contributed by atoms with Gasteiger partial charge in [0.15, 0.2) is 0 Å². The molecule has 0 spiro atoms. The number of hydrogen-bond donors (Lipinski definition) is 4. The highest BCUT2D eigenvalue weighted by atomic mass is 16.2. The molecule has 1 aliphatic heterocycles. The van der Waals surface area contributed by atoms with Crippen LogP contribution in [-0.4, -0.2) is 24.7 Å². The number of carbonyl (C=O) groups excluding carboxylic acids is 1. The van der Waals surface area contributed by atoms with Crippen molar-refractivity contribution in [2.45, 2.75) is 51.1 Å². The third kappa shape index (κ3) is 5.63. The Bertz CT molecular complexity index is 455. The Labute approximate surface area is 126 Å². The number of carbonyl (C=O) groups is 1. The van der Waals surface area contributed by atoms with Crippen molar-refractivity contribution in [1.82, 2.24) is 5.32 Å². The van der Waals surface area contributed by atoms with Crippen LogP contribution in [-0.2, 0) is 0 Å². The lowest BCUT2D eigenvalue weighted by molar-refractivity contribution is 0.259. The smallest absolute Gasteiger partial charge is 0.316 e. The number of hydrogen-bond acceptors (Lipinski definition) is 3. The van der Waals surface area contributed by atoms with Gasteiger partial charge in [0.2, 0.25) is 0 Å². The summed E-state index contributed by atoms with van der Waals surface area (Å²) in [6.07, 6.45) is 6.32. The largest absolute Gasteiger partial charge is 0.382 e. The predicted molar refractivity (Wildman–Crippen MR) is 87.6 cm³/mol. The van der Waals surface area contributed by atoms with Crippen LogP contribution in [0.15, 0.2) is 24.3 Å². The van der Waals surface area contributed by atoms with Gasteiger partial charge in [-0.2, -0.15) is 0 Å². The Hall–Kier alpha value is -1.75. The fourth-order valence-corrected chi connectivity index (χ4v) is 2.90. The van der Waals surface area contributed by atoms with Crippen molar-refractivity contribution >= 4 is 17.4 Å². The van der Waals surface area contributed by atoms with Gasteiger partial charge in [-0.3, -0.25) is 0 Å². The van der Waals surface area contributed by atoms with Crippen molar-refractivity contribution in [3.05, 3.63) is 24.3 Å². The van der Waals surface area contributed by atoms with Crippen LogP contribution in [0, 0.1) is 0 Å². The average Bonchev–Trinajstić information content (AvgIpc) is 2.66. The van der Waals surface area contributed by atoms with Gasteiger partial charge in [0.1, 0.15) is 0 Å². The van der Waals surface area contributed by atoms with Crippen molar-refractivity contribution in [2.75, 3.05) is 17.2 Å². The van der Waals surface area contributed by atoms with Crippen molar-refractivity contribution in [2.24, 2.45) is 5.73 Å². The highest BCUT2D eigenvalue weighted by Crippen LogP contribution is 2.18. The van der Waals surface area contributed by atoms with Crippen molar-refractivity contribution in [1.29, 1.82) is 0 Å². The lowest BCUT2D eigenvalue weighted by atomic mass is 10.0. The second-order valence-corrected chi connectivity index (χ2v) is 5.85. The molecule has 2 atom stereocenters. The van der Waals surface area contributed by atoms with Crippen LogP contribution < -0.4 is 21.7 Å². The van der Waals surface area contributed by atoms with E-state index in [2.05, 4.69) is 22.9 Å². The normalized spacial score (nSPS) is 20.3. The Kier molecular flexibility index (Phi) is 5.87. The molecule has 5 nitrogen and oxygen atoms in total. The molecule has 0 aromatic heterocycles. The van der Waals surface area contributed by atoms with E-state index >= 15 is 0 Å². The summed E-state index contributed by atoms with van der Waals surface area (Å²) in [4.78, 5) is 10.9. The van der Waals surface area contributed by atoms with Crippen LogP contribution in [0.2, 0.25) is 0 Å². The van der Waals surface area contributed by atoms with E-state index in [1.54, 1.807) is 0 Å². The molecule has 2 amide bonds. The number of rotatable bonds is 5. The molecule has 0 saturated carbocycles. The molecule has 21 heavy (non-hydrogen) atoms. The summed E-state index contributed by atoms with van der Waals surface area (Å²) in [5, 5.41) is 9.71. The van der Waals surface area contributed by atoms with Crippen molar-refractivity contribution in [3.8, 4) is 0 Å². The molecule has 5 heteroatoms. The first-order valence-electron chi connectivity index (χ1n) is 7.80. The van der Waals surface area contributed by atoms with Gasteiger partial charge in [0, 0.05) is 23.5 Å². The Morgan fingerprint density at radius 2 is 2.19 bits per heavy atom. The second kappa shape index (κ2) is 7.88. The molecular formula is C16H26N4O. The first-order valence-corrected chi connectivity index (χ1v) is 7.80. The minimum atomic E-state index is -0.539. The van der Waals surface area contributed by atoms with Gasteiger partial charge in [0.05, 0.1) is 0 Å². The van der Waals surface area contributed by atoms with Crippen LogP contribution >= 0.6 is 0 Å². The fourth-order valence-electron chi connectivity index (χ4n) is 2.90. The Morgan fingerprint density at radius 1 is 1.38 bits per heavy atom. The van der Waals surface area contributed by atoms with Gasteiger partial charge in [-0.1, -0.05) is 18.9 Å². The van der Waals surface area contributed by atoms with Crippen LogP contribution in [0.4, 0.5) is 16.2 Å². The highest BCUT2D eigenvalue weighted by Gasteiger charge is 2.14. The Morgan fingerprint density at radius 3 is 3.00 bits per heavy atom. The molecule has 2 unspecified atom stereocenters. The summed E-state index contributed by atoms with van der Waals surface area (Å²) in [6.45, 7) is 3.33. The van der Waals surface area contributed by atoms with E-state index in [-0.39, 0.29) is 0 Å². The zero-order chi connectivity index (χ0) is 15.1. The van der Waals surface area contributed by atoms with Gasteiger partial charge >= 0.3 is 6.03 Å².